The second kappa shape index (κ2) is 8.54. The van der Waals surface area contributed by atoms with Crippen molar-refractivity contribution in [3.8, 4) is 11.5 Å². The normalized spacial score (nSPS) is 15.7. The van der Waals surface area contributed by atoms with Crippen LogP contribution in [0.2, 0.25) is 0 Å². The third-order valence-electron chi connectivity index (χ3n) is 5.98. The number of aromatic nitrogens is 2. The number of benzene rings is 2. The summed E-state index contributed by atoms with van der Waals surface area (Å²) in [5, 5.41) is 5.43. The molecule has 0 bridgehead atoms. The lowest BCUT2D eigenvalue weighted by molar-refractivity contribution is -0.125. The first-order chi connectivity index (χ1) is 16.4. The van der Waals surface area contributed by atoms with E-state index in [9.17, 15) is 19.2 Å². The minimum Gasteiger partial charge on any atom is -0.454 e. The van der Waals surface area contributed by atoms with E-state index in [0.717, 1.165) is 15.7 Å². The van der Waals surface area contributed by atoms with Crippen LogP contribution in [-0.4, -0.2) is 27.7 Å². The molecule has 0 saturated heterocycles. The number of nitrogens with zero attached hydrogens (tertiary/aromatic N) is 2. The summed E-state index contributed by atoms with van der Waals surface area (Å²) in [6.07, 6.45) is -0.220. The molecule has 1 atom stereocenters. The second-order valence-corrected chi connectivity index (χ2v) is 8.19. The van der Waals surface area contributed by atoms with Crippen LogP contribution in [0.15, 0.2) is 58.1 Å². The molecule has 2 aromatic carbocycles. The molecule has 0 spiro atoms. The third-order valence-corrected chi connectivity index (χ3v) is 5.98. The molecule has 0 radical (unpaired) electrons. The van der Waals surface area contributed by atoms with Gasteiger partial charge in [-0.25, -0.2) is 4.79 Å². The molecule has 0 aliphatic carbocycles. The van der Waals surface area contributed by atoms with Gasteiger partial charge in [-0.05, 0) is 23.3 Å². The summed E-state index contributed by atoms with van der Waals surface area (Å²) in [4.78, 5) is 51.2. The molecule has 3 aromatic rings. The Morgan fingerprint density at radius 2 is 1.82 bits per heavy atom. The molecule has 174 valence electrons. The Morgan fingerprint density at radius 1 is 1.06 bits per heavy atom. The molecular formula is C24H22N4O6. The molecule has 2 amide bonds. The number of fused-ring (bicyclic) bond motifs is 2. The molecule has 2 N–H and O–H groups in total. The van der Waals surface area contributed by atoms with Gasteiger partial charge in [0.25, 0.3) is 5.56 Å². The van der Waals surface area contributed by atoms with Crippen LogP contribution in [0, 0.1) is 0 Å². The summed E-state index contributed by atoms with van der Waals surface area (Å²) in [6, 6.07) is 14.6. The fourth-order valence-electron chi connectivity index (χ4n) is 4.19. The number of amides is 2. The van der Waals surface area contributed by atoms with Crippen molar-refractivity contribution in [1.82, 2.24) is 14.5 Å². The number of hydrogen-bond donors (Lipinski definition) is 2. The van der Waals surface area contributed by atoms with Gasteiger partial charge in [-0.3, -0.25) is 23.5 Å². The van der Waals surface area contributed by atoms with Gasteiger partial charge in [0.05, 0.1) is 18.0 Å². The zero-order valence-electron chi connectivity index (χ0n) is 18.4. The highest BCUT2D eigenvalue weighted by molar-refractivity contribution is 6.04. The summed E-state index contributed by atoms with van der Waals surface area (Å²) >= 11 is 0. The van der Waals surface area contributed by atoms with Gasteiger partial charge in [-0.15, -0.1) is 0 Å². The van der Waals surface area contributed by atoms with E-state index in [1.807, 2.05) is 36.4 Å². The Hall–Kier alpha value is -4.34. The highest BCUT2D eigenvalue weighted by Crippen LogP contribution is 2.33. The smallest absolute Gasteiger partial charge is 0.332 e. The fraction of sp³-hybridized carbons (Fsp3) is 0.250. The van der Waals surface area contributed by atoms with Gasteiger partial charge in [0.15, 0.2) is 11.5 Å². The van der Waals surface area contributed by atoms with E-state index in [2.05, 4.69) is 10.6 Å². The van der Waals surface area contributed by atoms with Crippen molar-refractivity contribution in [3.05, 3.63) is 86.1 Å². The predicted molar refractivity (Wildman–Crippen MR) is 122 cm³/mol. The molecule has 3 heterocycles. The maximum atomic E-state index is 12.9. The largest absolute Gasteiger partial charge is 0.454 e. The number of ether oxygens (including phenoxy) is 2. The molecule has 0 fully saturated rings. The van der Waals surface area contributed by atoms with Crippen LogP contribution in [0.4, 0.5) is 5.82 Å². The van der Waals surface area contributed by atoms with E-state index in [1.165, 1.54) is 11.6 Å². The van der Waals surface area contributed by atoms with E-state index >= 15 is 0 Å². The average molecular weight is 462 g/mol. The van der Waals surface area contributed by atoms with E-state index in [1.54, 1.807) is 12.1 Å². The summed E-state index contributed by atoms with van der Waals surface area (Å²) in [5.41, 5.74) is 0.643. The minimum atomic E-state index is -0.993. The monoisotopic (exact) mass is 462 g/mol. The summed E-state index contributed by atoms with van der Waals surface area (Å²) in [6.45, 7) is 0.563. The number of anilines is 1. The molecule has 1 unspecified atom stereocenters. The molecular weight excluding hydrogens is 440 g/mol. The Morgan fingerprint density at radius 3 is 2.62 bits per heavy atom. The van der Waals surface area contributed by atoms with E-state index < -0.39 is 29.0 Å². The molecule has 5 rings (SSSR count). The van der Waals surface area contributed by atoms with Gasteiger partial charge in [-0.1, -0.05) is 36.4 Å². The van der Waals surface area contributed by atoms with Gasteiger partial charge in [-0.2, -0.15) is 0 Å². The molecule has 10 heteroatoms. The lowest BCUT2D eigenvalue weighted by Crippen LogP contribution is -2.40. The first kappa shape index (κ1) is 21.5. The van der Waals surface area contributed by atoms with E-state index in [-0.39, 0.29) is 37.7 Å². The first-order valence-corrected chi connectivity index (χ1v) is 10.8. The van der Waals surface area contributed by atoms with Gasteiger partial charge in [0.1, 0.15) is 5.82 Å². The molecule has 1 aromatic heterocycles. The summed E-state index contributed by atoms with van der Waals surface area (Å²) < 4.78 is 12.9. The lowest BCUT2D eigenvalue weighted by atomic mass is 9.99. The number of carbonyl (C=O) groups excluding carboxylic acids is 2. The highest BCUT2D eigenvalue weighted by Gasteiger charge is 2.38. The number of carbonyl (C=O) groups is 2. The lowest BCUT2D eigenvalue weighted by Gasteiger charge is -2.14. The maximum absolute atomic E-state index is 12.9. The van der Waals surface area contributed by atoms with Crippen molar-refractivity contribution in [3.63, 3.8) is 0 Å². The second-order valence-electron chi connectivity index (χ2n) is 8.19. The topological polar surface area (TPSA) is 121 Å². The first-order valence-electron chi connectivity index (χ1n) is 10.8. The number of nitrogens with one attached hydrogen (secondary N) is 2. The van der Waals surface area contributed by atoms with Gasteiger partial charge in [0, 0.05) is 20.0 Å². The fourth-order valence-corrected chi connectivity index (χ4v) is 4.19. The van der Waals surface area contributed by atoms with Crippen LogP contribution in [0.1, 0.15) is 29.0 Å². The molecule has 10 nitrogen and oxygen atoms in total. The van der Waals surface area contributed by atoms with E-state index in [4.69, 9.17) is 9.47 Å². The standard InChI is InChI=1S/C24H22N4O6/c1-27-23(31)20-16(10-19(29)25-11-15-7-8-17-18(9-15)34-13-33-17)22(30)26-21(20)28(24(27)32)12-14-5-3-2-4-6-14/h2-9,16H,10-13H2,1H3,(H,25,29)(H,26,30). The van der Waals surface area contributed by atoms with E-state index in [0.29, 0.717) is 11.5 Å². The predicted octanol–water partition coefficient (Wildman–Crippen LogP) is 1.07. The molecule has 34 heavy (non-hydrogen) atoms. The van der Waals surface area contributed by atoms with Crippen molar-refractivity contribution in [1.29, 1.82) is 0 Å². The average Bonchev–Trinajstić information content (AvgIpc) is 3.44. The zero-order chi connectivity index (χ0) is 23.8. The highest BCUT2D eigenvalue weighted by atomic mass is 16.7. The third kappa shape index (κ3) is 3.83. The summed E-state index contributed by atoms with van der Waals surface area (Å²) in [5.74, 6) is -0.475. The van der Waals surface area contributed by atoms with Crippen molar-refractivity contribution < 1.29 is 19.1 Å². The Kier molecular flexibility index (Phi) is 5.40. The van der Waals surface area contributed by atoms with Crippen LogP contribution in [0.3, 0.4) is 0 Å². The molecule has 0 saturated carbocycles. The SMILES string of the molecule is Cn1c(=O)c2c(n(Cc3ccccc3)c1=O)NC(=O)C2CC(=O)NCc1ccc2c(c1)OCO2. The van der Waals surface area contributed by atoms with Crippen LogP contribution >= 0.6 is 0 Å². The minimum absolute atomic E-state index is 0.126. The van der Waals surface area contributed by atoms with Gasteiger partial charge >= 0.3 is 5.69 Å². The van der Waals surface area contributed by atoms with Gasteiger partial charge in [0.2, 0.25) is 18.6 Å². The number of rotatable bonds is 6. The Bertz CT molecular complexity index is 1410. The quantitative estimate of drug-likeness (QED) is 0.565. The molecule has 2 aliphatic heterocycles. The van der Waals surface area contributed by atoms with Crippen LogP contribution < -0.4 is 31.4 Å². The Balaban J connectivity index is 1.37. The van der Waals surface area contributed by atoms with Crippen molar-refractivity contribution >= 4 is 17.6 Å². The zero-order valence-corrected chi connectivity index (χ0v) is 18.4. The Labute approximate surface area is 193 Å². The maximum Gasteiger partial charge on any atom is 0.332 e. The van der Waals surface area contributed by atoms with Crippen LogP contribution in [0.25, 0.3) is 0 Å². The molecule has 2 aliphatic rings. The summed E-state index contributed by atoms with van der Waals surface area (Å²) in [7, 11) is 1.37. The van der Waals surface area contributed by atoms with Crippen molar-refractivity contribution in [2.45, 2.75) is 25.4 Å². The van der Waals surface area contributed by atoms with Crippen molar-refractivity contribution in [2.24, 2.45) is 7.05 Å². The van der Waals surface area contributed by atoms with Crippen LogP contribution in [-0.2, 0) is 29.7 Å². The van der Waals surface area contributed by atoms with Crippen molar-refractivity contribution in [2.75, 3.05) is 12.1 Å². The van der Waals surface area contributed by atoms with Gasteiger partial charge < -0.3 is 20.1 Å². The van der Waals surface area contributed by atoms with Crippen LogP contribution in [0.5, 0.6) is 11.5 Å². The number of hydrogen-bond acceptors (Lipinski definition) is 6.